The Kier molecular flexibility index (Phi) is 8.86. The van der Waals surface area contributed by atoms with E-state index in [1.54, 1.807) is 12.1 Å². The first-order valence-corrected chi connectivity index (χ1v) is 13.1. The molecule has 5 rings (SSSR count). The molecule has 230 valence electrons. The highest BCUT2D eigenvalue weighted by Gasteiger charge is 2.51. The SMILES string of the molecule is O=C1C[C@@H](c2ccc(O)cc2)Oc2cc(O[C@@H]3O[C@H](CO)[C@@H](O)[C@H](O)[C@H]3O[C@@H]3O[C@H](CO)[C@@H](O)[C@H](O)[C@H]3O)cc(O)c21. The molecule has 0 saturated carbocycles. The van der Waals surface area contributed by atoms with Crippen LogP contribution in [0.15, 0.2) is 36.4 Å². The van der Waals surface area contributed by atoms with Gasteiger partial charge in [0.1, 0.15) is 77.4 Å². The summed E-state index contributed by atoms with van der Waals surface area (Å²) in [5.74, 6) is -1.07. The lowest BCUT2D eigenvalue weighted by Gasteiger charge is -2.45. The highest BCUT2D eigenvalue weighted by Crippen LogP contribution is 2.43. The number of carbonyl (C=O) groups excluding carboxylic acids is 1. The zero-order valence-electron chi connectivity index (χ0n) is 21.9. The number of carbonyl (C=O) groups is 1. The summed E-state index contributed by atoms with van der Waals surface area (Å²) in [5, 5.41) is 91.2. The molecule has 0 aromatic heterocycles. The number of benzene rings is 2. The number of aliphatic hydroxyl groups excluding tert-OH is 7. The summed E-state index contributed by atoms with van der Waals surface area (Å²) in [7, 11) is 0. The van der Waals surface area contributed by atoms with E-state index in [9.17, 15) is 50.8 Å². The molecule has 0 amide bonds. The molecular formula is C27H32O15. The van der Waals surface area contributed by atoms with Gasteiger partial charge in [0, 0.05) is 12.1 Å². The molecule has 2 aromatic carbocycles. The Balaban J connectivity index is 1.41. The van der Waals surface area contributed by atoms with Gasteiger partial charge in [-0.15, -0.1) is 0 Å². The molecule has 0 unspecified atom stereocenters. The lowest BCUT2D eigenvalue weighted by atomic mass is 9.95. The van der Waals surface area contributed by atoms with Crippen LogP contribution in [0.4, 0.5) is 0 Å². The Labute approximate surface area is 238 Å². The van der Waals surface area contributed by atoms with E-state index >= 15 is 0 Å². The number of rotatable bonds is 7. The first-order chi connectivity index (χ1) is 20.0. The molecule has 11 atom stereocenters. The molecule has 2 aromatic rings. The summed E-state index contributed by atoms with van der Waals surface area (Å²) in [6, 6.07) is 8.39. The molecule has 0 aliphatic carbocycles. The van der Waals surface area contributed by atoms with Crippen molar-refractivity contribution in [1.82, 2.24) is 0 Å². The van der Waals surface area contributed by atoms with Crippen LogP contribution < -0.4 is 9.47 Å². The summed E-state index contributed by atoms with van der Waals surface area (Å²) in [4.78, 5) is 12.9. The first kappa shape index (κ1) is 30.4. The van der Waals surface area contributed by atoms with Crippen LogP contribution in [0.2, 0.25) is 0 Å². The number of hydrogen-bond donors (Lipinski definition) is 9. The maximum absolute atomic E-state index is 12.9. The number of phenols is 2. The molecule has 0 bridgehead atoms. The third-order valence-corrected chi connectivity index (χ3v) is 7.46. The van der Waals surface area contributed by atoms with E-state index in [2.05, 4.69) is 0 Å². The number of hydrogen-bond acceptors (Lipinski definition) is 15. The fraction of sp³-hybridized carbons (Fsp3) is 0.519. The molecule has 2 fully saturated rings. The minimum absolute atomic E-state index is 0.0241. The van der Waals surface area contributed by atoms with Crippen LogP contribution in [-0.4, -0.2) is 126 Å². The Morgan fingerprint density at radius 2 is 1.40 bits per heavy atom. The Bertz CT molecular complexity index is 1250. The molecule has 15 nitrogen and oxygen atoms in total. The van der Waals surface area contributed by atoms with Gasteiger partial charge in [-0.1, -0.05) is 12.1 Å². The minimum atomic E-state index is -1.85. The number of ketones is 1. The number of ether oxygens (including phenoxy) is 5. The number of Topliss-reactive ketones (excluding diaryl/α,β-unsaturated/α-hetero) is 1. The van der Waals surface area contributed by atoms with Gasteiger partial charge in [0.15, 0.2) is 18.2 Å². The van der Waals surface area contributed by atoms with Crippen molar-refractivity contribution in [2.75, 3.05) is 13.2 Å². The highest BCUT2D eigenvalue weighted by molar-refractivity contribution is 6.02. The molecule has 0 spiro atoms. The van der Waals surface area contributed by atoms with Crippen molar-refractivity contribution < 1.29 is 74.4 Å². The second-order valence-corrected chi connectivity index (χ2v) is 10.3. The fourth-order valence-electron chi connectivity index (χ4n) is 5.12. The van der Waals surface area contributed by atoms with Crippen LogP contribution in [-0.2, 0) is 14.2 Å². The third kappa shape index (κ3) is 5.76. The van der Waals surface area contributed by atoms with Crippen molar-refractivity contribution in [3.63, 3.8) is 0 Å². The number of aliphatic hydroxyl groups is 7. The predicted octanol–water partition coefficient (Wildman–Crippen LogP) is -2.19. The van der Waals surface area contributed by atoms with E-state index in [-0.39, 0.29) is 29.2 Å². The van der Waals surface area contributed by atoms with Gasteiger partial charge >= 0.3 is 0 Å². The fourth-order valence-corrected chi connectivity index (χ4v) is 5.12. The molecule has 15 heteroatoms. The van der Waals surface area contributed by atoms with Crippen LogP contribution in [0.25, 0.3) is 0 Å². The largest absolute Gasteiger partial charge is 0.508 e. The highest BCUT2D eigenvalue weighted by atomic mass is 16.8. The standard InChI is InChI=1S/C27H32O15/c28-8-17-20(33)22(35)24(37)26(40-17)42-25-23(36)21(34)18(9-29)41-27(25)38-12-5-13(31)19-14(32)7-15(39-16(19)6-12)10-1-3-11(30)4-2-10/h1-6,15,17-18,20-31,33-37H,7-9H2/t15-,17+,18+,20+,21+,22-,23-,24+,25+,26-,27+/m0/s1. The smallest absolute Gasteiger partial charge is 0.229 e. The van der Waals surface area contributed by atoms with Crippen molar-refractivity contribution in [2.45, 2.75) is 73.9 Å². The minimum Gasteiger partial charge on any atom is -0.508 e. The second-order valence-electron chi connectivity index (χ2n) is 10.3. The summed E-state index contributed by atoms with van der Waals surface area (Å²) in [5.41, 5.74) is 0.490. The summed E-state index contributed by atoms with van der Waals surface area (Å²) in [6.07, 6.45) is -17.4. The average Bonchev–Trinajstić information content (AvgIpc) is 2.96. The average molecular weight is 597 g/mol. The van der Waals surface area contributed by atoms with Gasteiger partial charge in [0.2, 0.25) is 6.29 Å². The molecule has 3 aliphatic heterocycles. The van der Waals surface area contributed by atoms with Crippen molar-refractivity contribution >= 4 is 5.78 Å². The van der Waals surface area contributed by atoms with Gasteiger partial charge in [-0.2, -0.15) is 0 Å². The summed E-state index contributed by atoms with van der Waals surface area (Å²) >= 11 is 0. The zero-order chi connectivity index (χ0) is 30.3. The van der Waals surface area contributed by atoms with Gasteiger partial charge in [0.05, 0.1) is 19.6 Å². The predicted molar refractivity (Wildman–Crippen MR) is 136 cm³/mol. The van der Waals surface area contributed by atoms with Crippen LogP contribution >= 0.6 is 0 Å². The molecule has 0 radical (unpaired) electrons. The maximum Gasteiger partial charge on any atom is 0.229 e. The quantitative estimate of drug-likeness (QED) is 0.165. The van der Waals surface area contributed by atoms with E-state index in [0.29, 0.717) is 5.56 Å². The number of aromatic hydroxyl groups is 2. The van der Waals surface area contributed by atoms with Gasteiger partial charge in [-0.05, 0) is 17.7 Å². The van der Waals surface area contributed by atoms with Crippen molar-refractivity contribution in [3.8, 4) is 23.0 Å². The zero-order valence-corrected chi connectivity index (χ0v) is 21.9. The van der Waals surface area contributed by atoms with E-state index in [1.807, 2.05) is 0 Å². The van der Waals surface area contributed by atoms with Crippen LogP contribution in [0, 0.1) is 0 Å². The second kappa shape index (κ2) is 12.3. The first-order valence-electron chi connectivity index (χ1n) is 13.1. The Hall–Kier alpha value is -3.09. The van der Waals surface area contributed by atoms with Crippen LogP contribution in [0.1, 0.15) is 28.4 Å². The third-order valence-electron chi connectivity index (χ3n) is 7.46. The Morgan fingerprint density at radius 1 is 0.786 bits per heavy atom. The van der Waals surface area contributed by atoms with Crippen LogP contribution in [0.3, 0.4) is 0 Å². The van der Waals surface area contributed by atoms with Crippen molar-refractivity contribution in [1.29, 1.82) is 0 Å². The Morgan fingerprint density at radius 3 is 2.05 bits per heavy atom. The lowest BCUT2D eigenvalue weighted by molar-refractivity contribution is -0.357. The van der Waals surface area contributed by atoms with Gasteiger partial charge in [-0.3, -0.25) is 4.79 Å². The topological polar surface area (TPSA) is 245 Å². The van der Waals surface area contributed by atoms with Crippen LogP contribution in [0.5, 0.6) is 23.0 Å². The van der Waals surface area contributed by atoms with Gasteiger partial charge < -0.3 is 69.6 Å². The maximum atomic E-state index is 12.9. The lowest BCUT2D eigenvalue weighted by Crippen LogP contribution is -2.65. The van der Waals surface area contributed by atoms with Gasteiger partial charge in [0.25, 0.3) is 0 Å². The monoisotopic (exact) mass is 596 g/mol. The molecule has 42 heavy (non-hydrogen) atoms. The molecule has 9 N–H and O–H groups in total. The van der Waals surface area contributed by atoms with E-state index in [4.69, 9.17) is 23.7 Å². The molecule has 2 saturated heterocycles. The van der Waals surface area contributed by atoms with E-state index < -0.39 is 92.3 Å². The van der Waals surface area contributed by atoms with Crippen molar-refractivity contribution in [2.24, 2.45) is 0 Å². The summed E-state index contributed by atoms with van der Waals surface area (Å²) in [6.45, 7) is -1.49. The normalized spacial score (nSPS) is 36.6. The molecular weight excluding hydrogens is 564 g/mol. The summed E-state index contributed by atoms with van der Waals surface area (Å²) < 4.78 is 28.4. The van der Waals surface area contributed by atoms with Crippen molar-refractivity contribution in [3.05, 3.63) is 47.5 Å². The molecule has 3 heterocycles. The molecule has 3 aliphatic rings. The number of phenolic OH excluding ortho intramolecular Hbond substituents is 2. The number of fused-ring (bicyclic) bond motifs is 1. The van der Waals surface area contributed by atoms with E-state index in [0.717, 1.165) is 6.07 Å². The van der Waals surface area contributed by atoms with Gasteiger partial charge in [-0.25, -0.2) is 0 Å². The van der Waals surface area contributed by atoms with E-state index in [1.165, 1.54) is 18.2 Å².